The van der Waals surface area contributed by atoms with Gasteiger partial charge in [0.15, 0.2) is 0 Å². The molecule has 31 heavy (non-hydrogen) atoms. The zero-order valence-corrected chi connectivity index (χ0v) is 19.2. The largest absolute Gasteiger partial charge is 0.480 e. The number of carboxylic acids is 1. The molecule has 13 nitrogen and oxygen atoms in total. The first-order chi connectivity index (χ1) is 14.0. The third-order valence-corrected chi connectivity index (χ3v) is 7.66. The molecule has 0 aromatic carbocycles. The molecule has 4 atom stereocenters. The number of unbranched alkanes of at least 4 members (excludes halogenated alkanes) is 1. The second-order valence-electron chi connectivity index (χ2n) is 6.50. The Labute approximate surface area is 179 Å². The van der Waals surface area contributed by atoms with Crippen LogP contribution < -0.4 is 5.32 Å². The van der Waals surface area contributed by atoms with Crippen LogP contribution in [0.5, 0.6) is 0 Å². The highest BCUT2D eigenvalue weighted by atomic mass is 31.2. The first-order valence-corrected chi connectivity index (χ1v) is 13.8. The highest BCUT2D eigenvalue weighted by Crippen LogP contribution is 2.52. The second-order valence-corrected chi connectivity index (χ2v) is 11.6. The Morgan fingerprint density at radius 3 is 1.58 bits per heavy atom. The molecule has 0 aliphatic carbocycles. The summed E-state index contributed by atoms with van der Waals surface area (Å²) in [5.41, 5.74) is 0. The summed E-state index contributed by atoms with van der Waals surface area (Å²) < 4.78 is 35.0. The molecule has 0 radical (unpaired) electrons. The Balaban J connectivity index is 5.65. The third-order valence-electron chi connectivity index (χ3n) is 4.21. The number of rotatable bonds is 16. The molecule has 0 aliphatic rings. The Morgan fingerprint density at radius 2 is 1.29 bits per heavy atom. The smallest absolute Gasteiger partial charge is 0.346 e. The molecule has 0 aromatic heterocycles. The molecule has 0 amide bonds. The average Bonchev–Trinajstić information content (AvgIpc) is 2.57. The lowest BCUT2D eigenvalue weighted by molar-refractivity contribution is -0.144. The third kappa shape index (κ3) is 9.61. The first-order valence-electron chi connectivity index (χ1n) is 8.79. The normalized spacial score (nSPS) is 16.9. The fourth-order valence-corrected chi connectivity index (χ4v) is 5.44. The molecule has 0 saturated carbocycles. The Hall–Kier alpha value is -0.940. The lowest BCUT2D eigenvalue weighted by atomic mass is 10.1. The standard InChI is InChI=1S/C15H29N2O11P3/c1-4-12(29(20,21)22)16-10-8-7-9-11(15(18)19)17(13(5-2)30(23,24)25)14(6-3)31(26,27)28/h4-6,11-14,16H,1-3,7-10H2,(H,18,19)(H2,20,21,22)(H2,23,24,25)(H2,26,27,28)/t11-,12?,13?,14?/m0/s1. The van der Waals surface area contributed by atoms with E-state index in [0.717, 1.165) is 6.08 Å². The minimum atomic E-state index is -5.10. The highest BCUT2D eigenvalue weighted by molar-refractivity contribution is 7.54. The van der Waals surface area contributed by atoms with E-state index in [1.165, 1.54) is 0 Å². The maximum absolute atomic E-state index is 11.9. The molecule has 0 aromatic rings. The summed E-state index contributed by atoms with van der Waals surface area (Å²) in [6.07, 6.45) is 2.40. The molecule has 8 N–H and O–H groups in total. The SMILES string of the molecule is C=CC(NCCCC[C@@H](C(=O)O)N(C(C=C)P(=O)(O)O)C(C=C)P(=O)(O)O)P(=O)(O)O. The van der Waals surface area contributed by atoms with Crippen LogP contribution in [0, 0.1) is 0 Å². The quantitative estimate of drug-likeness (QED) is 0.0815. The van der Waals surface area contributed by atoms with Gasteiger partial charge in [-0.15, -0.1) is 19.7 Å². The molecule has 0 bridgehead atoms. The number of carboxylic acid groups (broad SMARTS) is 1. The van der Waals surface area contributed by atoms with E-state index < -0.39 is 52.1 Å². The van der Waals surface area contributed by atoms with Crippen molar-refractivity contribution < 1.29 is 53.0 Å². The van der Waals surface area contributed by atoms with Crippen LogP contribution in [0.3, 0.4) is 0 Å². The zero-order chi connectivity index (χ0) is 24.6. The van der Waals surface area contributed by atoms with Gasteiger partial charge in [0.1, 0.15) is 23.4 Å². The van der Waals surface area contributed by atoms with E-state index in [4.69, 9.17) is 9.79 Å². The minimum absolute atomic E-state index is 0.0426. The summed E-state index contributed by atoms with van der Waals surface area (Å²) in [6.45, 7) is 9.83. The van der Waals surface area contributed by atoms with Gasteiger partial charge in [0.25, 0.3) is 0 Å². The van der Waals surface area contributed by atoms with Crippen LogP contribution in [0.25, 0.3) is 0 Å². The highest BCUT2D eigenvalue weighted by Gasteiger charge is 2.47. The van der Waals surface area contributed by atoms with Crippen LogP contribution in [0.15, 0.2) is 38.0 Å². The number of hydrogen-bond acceptors (Lipinski definition) is 6. The number of carbonyl (C=O) groups is 1. The van der Waals surface area contributed by atoms with Crippen LogP contribution in [0.2, 0.25) is 0 Å². The van der Waals surface area contributed by atoms with E-state index in [1.807, 2.05) is 0 Å². The van der Waals surface area contributed by atoms with Crippen molar-refractivity contribution in [1.82, 2.24) is 10.2 Å². The topological polar surface area (TPSA) is 225 Å². The Bertz CT molecular complexity index is 753. The van der Waals surface area contributed by atoms with Gasteiger partial charge in [-0.25, -0.2) is 0 Å². The number of nitrogens with zero attached hydrogens (tertiary/aromatic N) is 1. The van der Waals surface area contributed by atoms with Crippen molar-refractivity contribution in [2.24, 2.45) is 0 Å². The summed E-state index contributed by atoms with van der Waals surface area (Å²) in [6, 6.07) is -1.73. The number of aliphatic carboxylic acids is 1. The fraction of sp³-hybridized carbons (Fsp3) is 0.533. The van der Waals surface area contributed by atoms with E-state index >= 15 is 0 Å². The molecule has 16 heteroatoms. The lowest BCUT2D eigenvalue weighted by Gasteiger charge is -2.39. The Kier molecular flexibility index (Phi) is 12.0. The van der Waals surface area contributed by atoms with Crippen LogP contribution in [-0.4, -0.2) is 75.3 Å². The van der Waals surface area contributed by atoms with E-state index in [1.54, 1.807) is 0 Å². The molecule has 0 fully saturated rings. The van der Waals surface area contributed by atoms with Crippen molar-refractivity contribution in [3.05, 3.63) is 38.0 Å². The van der Waals surface area contributed by atoms with Gasteiger partial charge in [0, 0.05) is 0 Å². The minimum Gasteiger partial charge on any atom is -0.480 e. The average molecular weight is 506 g/mol. The van der Waals surface area contributed by atoms with Crippen molar-refractivity contribution in [2.75, 3.05) is 6.54 Å². The summed E-state index contributed by atoms with van der Waals surface area (Å²) in [5, 5.41) is 12.1. The van der Waals surface area contributed by atoms with Crippen LogP contribution in [-0.2, 0) is 18.5 Å². The van der Waals surface area contributed by atoms with Gasteiger partial charge < -0.3 is 39.8 Å². The fourth-order valence-electron chi connectivity index (χ4n) is 2.84. The van der Waals surface area contributed by atoms with Gasteiger partial charge >= 0.3 is 28.8 Å². The predicted molar refractivity (Wildman–Crippen MR) is 113 cm³/mol. The predicted octanol–water partition coefficient (Wildman–Crippen LogP) is 0.571. The first kappa shape index (κ1) is 30.1. The molecule has 180 valence electrons. The van der Waals surface area contributed by atoms with Gasteiger partial charge in [-0.2, -0.15) is 0 Å². The van der Waals surface area contributed by atoms with Gasteiger partial charge in [0.2, 0.25) is 0 Å². The molecule has 0 aliphatic heterocycles. The van der Waals surface area contributed by atoms with Crippen LogP contribution >= 0.6 is 22.8 Å². The molecular weight excluding hydrogens is 477 g/mol. The van der Waals surface area contributed by atoms with Crippen molar-refractivity contribution in [3.63, 3.8) is 0 Å². The van der Waals surface area contributed by atoms with Crippen molar-refractivity contribution in [1.29, 1.82) is 0 Å². The summed E-state index contributed by atoms with van der Waals surface area (Å²) in [4.78, 5) is 68.9. The van der Waals surface area contributed by atoms with E-state index in [9.17, 15) is 43.2 Å². The van der Waals surface area contributed by atoms with Gasteiger partial charge in [0.05, 0.1) is 0 Å². The van der Waals surface area contributed by atoms with Gasteiger partial charge in [-0.05, 0) is 19.4 Å². The Morgan fingerprint density at radius 1 is 0.839 bits per heavy atom. The summed E-state index contributed by atoms with van der Waals surface area (Å²) in [7, 11) is -14.7. The molecule has 0 heterocycles. The van der Waals surface area contributed by atoms with E-state index in [0.29, 0.717) is 17.1 Å². The summed E-state index contributed by atoms with van der Waals surface area (Å²) in [5.74, 6) is -6.92. The molecule has 0 spiro atoms. The van der Waals surface area contributed by atoms with Gasteiger partial charge in [-0.1, -0.05) is 24.6 Å². The van der Waals surface area contributed by atoms with Crippen molar-refractivity contribution in [3.8, 4) is 0 Å². The second kappa shape index (κ2) is 12.3. The zero-order valence-electron chi connectivity index (χ0n) is 16.5. The van der Waals surface area contributed by atoms with Crippen LogP contribution in [0.4, 0.5) is 0 Å². The van der Waals surface area contributed by atoms with Crippen LogP contribution in [0.1, 0.15) is 19.3 Å². The lowest BCUT2D eigenvalue weighted by Crippen LogP contribution is -2.51. The van der Waals surface area contributed by atoms with Crippen molar-refractivity contribution >= 4 is 28.8 Å². The number of hydrogen-bond donors (Lipinski definition) is 8. The van der Waals surface area contributed by atoms with Crippen molar-refractivity contribution in [2.45, 2.75) is 42.7 Å². The maximum atomic E-state index is 11.9. The number of nitrogens with one attached hydrogen (secondary N) is 1. The molecule has 3 unspecified atom stereocenters. The summed E-state index contributed by atoms with van der Waals surface area (Å²) >= 11 is 0. The maximum Gasteiger partial charge on any atom is 0.346 e. The van der Waals surface area contributed by atoms with E-state index in [2.05, 4.69) is 25.1 Å². The molecule has 0 saturated heterocycles. The van der Waals surface area contributed by atoms with Gasteiger partial charge in [-0.3, -0.25) is 23.4 Å². The monoisotopic (exact) mass is 506 g/mol. The molecule has 0 rings (SSSR count). The molecular formula is C15H29N2O11P3. The van der Waals surface area contributed by atoms with E-state index in [-0.39, 0.29) is 25.8 Å².